The average Bonchev–Trinajstić information content (AvgIpc) is 2.83. The lowest BCUT2D eigenvalue weighted by Crippen LogP contribution is -2.26. The molecule has 3 aromatic carbocycles. The van der Waals surface area contributed by atoms with Gasteiger partial charge in [-0.2, -0.15) is 0 Å². The monoisotopic (exact) mass is 423 g/mol. The first-order valence-electron chi connectivity index (χ1n) is 10.8. The second kappa shape index (κ2) is 9.43. The molecular weight excluding hydrogens is 398 g/mol. The van der Waals surface area contributed by atoms with Gasteiger partial charge in [0, 0.05) is 35.6 Å². The Labute approximate surface area is 188 Å². The molecule has 1 aliphatic carbocycles. The van der Waals surface area contributed by atoms with Crippen LogP contribution in [0.3, 0.4) is 0 Å². The molecule has 32 heavy (non-hydrogen) atoms. The van der Waals surface area contributed by atoms with Crippen LogP contribution in [0.1, 0.15) is 29.8 Å². The van der Waals surface area contributed by atoms with Crippen LogP contribution >= 0.6 is 0 Å². The van der Waals surface area contributed by atoms with Gasteiger partial charge in [0.05, 0.1) is 17.0 Å². The Morgan fingerprint density at radius 2 is 1.47 bits per heavy atom. The number of hydrogen-bond donors (Lipinski definition) is 1. The van der Waals surface area contributed by atoms with E-state index in [2.05, 4.69) is 24.1 Å². The van der Waals surface area contributed by atoms with Gasteiger partial charge < -0.3 is 10.2 Å². The molecule has 0 atom stereocenters. The second-order valence-electron chi connectivity index (χ2n) is 7.44. The van der Waals surface area contributed by atoms with E-state index >= 15 is 0 Å². The number of carbonyl (C=O) groups excluding carboxylic acids is 2. The molecule has 0 heterocycles. The molecule has 0 fully saturated rings. The summed E-state index contributed by atoms with van der Waals surface area (Å²) in [6, 6.07) is 24.4. The summed E-state index contributed by atoms with van der Waals surface area (Å²) in [6.45, 7) is 6.12. The van der Waals surface area contributed by atoms with E-state index in [1.807, 2.05) is 54.6 Å². The molecular formula is C27H25N3O2. The Balaban J connectivity index is 1.70. The number of aliphatic imine (C=N–C) groups is 1. The number of ketones is 1. The van der Waals surface area contributed by atoms with Crippen molar-refractivity contribution in [3.63, 3.8) is 0 Å². The van der Waals surface area contributed by atoms with Gasteiger partial charge in [-0.05, 0) is 56.3 Å². The van der Waals surface area contributed by atoms with Crippen molar-refractivity contribution in [2.75, 3.05) is 23.3 Å². The van der Waals surface area contributed by atoms with Gasteiger partial charge in [-0.25, -0.2) is 4.99 Å². The topological polar surface area (TPSA) is 61.8 Å². The van der Waals surface area contributed by atoms with Gasteiger partial charge in [-0.3, -0.25) is 9.59 Å². The highest BCUT2D eigenvalue weighted by Gasteiger charge is 2.28. The van der Waals surface area contributed by atoms with Crippen molar-refractivity contribution in [3.8, 4) is 0 Å². The van der Waals surface area contributed by atoms with Gasteiger partial charge in [-0.1, -0.05) is 42.5 Å². The minimum Gasteiger partial charge on any atom is -0.372 e. The Bertz CT molecular complexity index is 1190. The van der Waals surface area contributed by atoms with Crippen LogP contribution in [0.4, 0.5) is 17.1 Å². The van der Waals surface area contributed by atoms with Crippen molar-refractivity contribution < 1.29 is 9.59 Å². The minimum absolute atomic E-state index is 0.0751. The number of nitrogens with one attached hydrogen (secondary N) is 1. The smallest absolute Gasteiger partial charge is 0.259 e. The first-order chi connectivity index (χ1) is 15.6. The van der Waals surface area contributed by atoms with Crippen LogP contribution in [0.2, 0.25) is 0 Å². The number of Topliss-reactive ketones (excluding diaryl/α,β-unsaturated/α-hetero) is 1. The van der Waals surface area contributed by atoms with Crippen LogP contribution in [-0.2, 0) is 4.79 Å². The number of allylic oxidation sites excluding steroid dienone is 1. The lowest BCUT2D eigenvalue weighted by atomic mass is 9.88. The van der Waals surface area contributed by atoms with Crippen molar-refractivity contribution >= 4 is 34.5 Å². The quantitative estimate of drug-likeness (QED) is 0.539. The van der Waals surface area contributed by atoms with Crippen molar-refractivity contribution in [2.24, 2.45) is 4.99 Å². The third kappa shape index (κ3) is 4.37. The number of rotatable bonds is 6. The van der Waals surface area contributed by atoms with Gasteiger partial charge in [0.25, 0.3) is 5.91 Å². The molecule has 5 nitrogen and oxygen atoms in total. The van der Waals surface area contributed by atoms with Crippen LogP contribution < -0.4 is 10.2 Å². The number of para-hydroxylation sites is 1. The Morgan fingerprint density at radius 1 is 0.844 bits per heavy atom. The maximum absolute atomic E-state index is 13.0. The Kier molecular flexibility index (Phi) is 6.26. The number of nitrogens with zero attached hydrogens (tertiary/aromatic N) is 2. The molecule has 3 aromatic rings. The fraction of sp³-hybridized carbons (Fsp3) is 0.148. The standard InChI is InChI=1S/C27H25N3O2/c1-3-30(4-2)21-16-14-20(15-17-21)28-25-18-24(26(31)23-13-9-8-12-22(23)25)27(32)29-19-10-6-5-7-11-19/h5-18H,3-4H2,1-2H3,(H,29,32). The van der Waals surface area contributed by atoms with E-state index in [1.165, 1.54) is 0 Å². The fourth-order valence-corrected chi connectivity index (χ4v) is 3.78. The molecule has 160 valence electrons. The van der Waals surface area contributed by atoms with Gasteiger partial charge >= 0.3 is 0 Å². The second-order valence-corrected chi connectivity index (χ2v) is 7.44. The Morgan fingerprint density at radius 3 is 2.12 bits per heavy atom. The summed E-state index contributed by atoms with van der Waals surface area (Å²) < 4.78 is 0. The van der Waals surface area contributed by atoms with E-state index < -0.39 is 5.91 Å². The SMILES string of the molecule is CCN(CC)c1ccc(N=C2C=C(C(=O)Nc3ccccc3)C(=O)c3ccccc32)cc1. The molecule has 0 aliphatic heterocycles. The number of carbonyl (C=O) groups is 2. The lowest BCUT2D eigenvalue weighted by molar-refractivity contribution is -0.112. The predicted molar refractivity (Wildman–Crippen MR) is 130 cm³/mol. The molecule has 1 N–H and O–H groups in total. The molecule has 0 radical (unpaired) electrons. The predicted octanol–water partition coefficient (Wildman–Crippen LogP) is 5.42. The minimum atomic E-state index is -0.444. The van der Waals surface area contributed by atoms with Crippen LogP contribution in [0.25, 0.3) is 0 Å². The van der Waals surface area contributed by atoms with Crippen LogP contribution in [-0.4, -0.2) is 30.5 Å². The number of benzene rings is 3. The van der Waals surface area contributed by atoms with Gasteiger partial charge in [0.15, 0.2) is 5.78 Å². The molecule has 4 rings (SSSR count). The summed E-state index contributed by atoms with van der Waals surface area (Å²) in [5.41, 5.74) is 4.40. The zero-order valence-electron chi connectivity index (χ0n) is 18.2. The molecule has 0 saturated carbocycles. The molecule has 1 amide bonds. The zero-order chi connectivity index (χ0) is 22.5. The highest BCUT2D eigenvalue weighted by atomic mass is 16.2. The van der Waals surface area contributed by atoms with E-state index in [0.29, 0.717) is 17.0 Å². The first kappa shape index (κ1) is 21.2. The third-order valence-electron chi connectivity index (χ3n) is 5.48. The van der Waals surface area contributed by atoms with Crippen molar-refractivity contribution in [1.82, 2.24) is 0 Å². The maximum atomic E-state index is 13.0. The van der Waals surface area contributed by atoms with Crippen LogP contribution in [0.15, 0.2) is 95.5 Å². The summed E-state index contributed by atoms with van der Waals surface area (Å²) in [5, 5.41) is 2.80. The van der Waals surface area contributed by atoms with Crippen LogP contribution in [0, 0.1) is 0 Å². The summed E-state index contributed by atoms with van der Waals surface area (Å²) >= 11 is 0. The van der Waals surface area contributed by atoms with Crippen molar-refractivity contribution in [1.29, 1.82) is 0 Å². The average molecular weight is 424 g/mol. The Hall–Kier alpha value is -3.99. The van der Waals surface area contributed by atoms with E-state index in [0.717, 1.165) is 30.0 Å². The number of amides is 1. The highest BCUT2D eigenvalue weighted by molar-refractivity contribution is 6.37. The molecule has 0 unspecified atom stereocenters. The van der Waals surface area contributed by atoms with E-state index in [9.17, 15) is 9.59 Å². The largest absolute Gasteiger partial charge is 0.372 e. The summed E-state index contributed by atoms with van der Waals surface area (Å²) in [5.74, 6) is -0.745. The van der Waals surface area contributed by atoms with Crippen LogP contribution in [0.5, 0.6) is 0 Å². The van der Waals surface area contributed by atoms with Crippen molar-refractivity contribution in [3.05, 3.63) is 102 Å². The zero-order valence-corrected chi connectivity index (χ0v) is 18.2. The van der Waals surface area contributed by atoms with Gasteiger partial charge in [0.2, 0.25) is 0 Å². The molecule has 0 aromatic heterocycles. The molecule has 1 aliphatic rings. The maximum Gasteiger partial charge on any atom is 0.259 e. The summed E-state index contributed by atoms with van der Waals surface area (Å²) in [4.78, 5) is 33.0. The van der Waals surface area contributed by atoms with E-state index in [-0.39, 0.29) is 11.4 Å². The number of fused-ring (bicyclic) bond motifs is 1. The summed E-state index contributed by atoms with van der Waals surface area (Å²) in [6.07, 6.45) is 1.58. The molecule has 0 spiro atoms. The van der Waals surface area contributed by atoms with Gasteiger partial charge in [-0.15, -0.1) is 0 Å². The lowest BCUT2D eigenvalue weighted by Gasteiger charge is -2.21. The first-order valence-corrected chi connectivity index (χ1v) is 10.8. The van der Waals surface area contributed by atoms with E-state index in [4.69, 9.17) is 4.99 Å². The normalized spacial score (nSPS) is 14.0. The molecule has 0 saturated heterocycles. The van der Waals surface area contributed by atoms with Gasteiger partial charge in [0.1, 0.15) is 0 Å². The fourth-order valence-electron chi connectivity index (χ4n) is 3.78. The number of hydrogen-bond acceptors (Lipinski definition) is 4. The third-order valence-corrected chi connectivity index (χ3v) is 5.48. The van der Waals surface area contributed by atoms with E-state index in [1.54, 1.807) is 30.3 Å². The molecule has 5 heteroatoms. The van der Waals surface area contributed by atoms with Crippen molar-refractivity contribution in [2.45, 2.75) is 13.8 Å². The highest BCUT2D eigenvalue weighted by Crippen LogP contribution is 2.26. The number of anilines is 2. The summed E-state index contributed by atoms with van der Waals surface area (Å²) in [7, 11) is 0. The molecule has 0 bridgehead atoms.